The normalized spacial score (nSPS) is 16.9. The molecular weight excluding hydrogens is 395 g/mol. The Morgan fingerprint density at radius 1 is 1.10 bits per heavy atom. The first kappa shape index (κ1) is 22.3. The van der Waals surface area contributed by atoms with Gasteiger partial charge in [0.15, 0.2) is 0 Å². The maximum Gasteiger partial charge on any atom is 0.573 e. The van der Waals surface area contributed by atoms with Gasteiger partial charge in [0.05, 0.1) is 5.56 Å². The fourth-order valence-corrected chi connectivity index (χ4v) is 2.72. The van der Waals surface area contributed by atoms with Crippen molar-refractivity contribution >= 4 is 17.9 Å². The summed E-state index contributed by atoms with van der Waals surface area (Å²) in [5, 5.41) is 0. The lowest BCUT2D eigenvalue weighted by Gasteiger charge is -2.28. The van der Waals surface area contributed by atoms with E-state index < -0.39 is 47.2 Å². The van der Waals surface area contributed by atoms with Gasteiger partial charge >= 0.3 is 12.5 Å². The second kappa shape index (κ2) is 8.58. The summed E-state index contributed by atoms with van der Waals surface area (Å²) < 4.78 is 46.5. The van der Waals surface area contributed by atoms with Crippen LogP contribution in [0, 0.1) is 0 Å². The van der Waals surface area contributed by atoms with Crippen LogP contribution in [0.3, 0.4) is 0 Å². The first-order chi connectivity index (χ1) is 13.4. The number of amides is 3. The van der Waals surface area contributed by atoms with E-state index in [1.165, 1.54) is 17.0 Å². The van der Waals surface area contributed by atoms with Crippen molar-refractivity contribution in [2.45, 2.75) is 51.6 Å². The number of nitrogens with zero attached hydrogens (tertiary/aromatic N) is 1. The highest BCUT2D eigenvalue weighted by Gasteiger charge is 2.37. The third-order valence-corrected chi connectivity index (χ3v) is 3.84. The number of para-hydroxylation sites is 1. The molecule has 0 aliphatic carbocycles. The van der Waals surface area contributed by atoms with E-state index in [9.17, 15) is 27.6 Å². The van der Waals surface area contributed by atoms with E-state index in [0.717, 1.165) is 12.1 Å². The number of benzene rings is 1. The van der Waals surface area contributed by atoms with E-state index in [0.29, 0.717) is 19.4 Å². The number of ether oxygens (including phenoxy) is 2. The lowest BCUT2D eigenvalue weighted by Crippen LogP contribution is -2.52. The van der Waals surface area contributed by atoms with Crippen LogP contribution in [0.15, 0.2) is 24.3 Å². The third-order valence-electron chi connectivity index (χ3n) is 3.84. The molecule has 0 radical (unpaired) electrons. The van der Waals surface area contributed by atoms with Crippen molar-refractivity contribution in [1.29, 1.82) is 0 Å². The number of hydrogen-bond acceptors (Lipinski definition) is 5. The molecule has 0 spiro atoms. The van der Waals surface area contributed by atoms with Gasteiger partial charge in [-0.1, -0.05) is 12.1 Å². The number of alkyl halides is 3. The zero-order valence-corrected chi connectivity index (χ0v) is 16.1. The maximum atomic E-state index is 12.5. The molecule has 2 rings (SSSR count). The fourth-order valence-electron chi connectivity index (χ4n) is 2.72. The van der Waals surface area contributed by atoms with Gasteiger partial charge in [-0.15, -0.1) is 13.2 Å². The molecule has 1 fully saturated rings. The largest absolute Gasteiger partial charge is 0.573 e. The van der Waals surface area contributed by atoms with Gasteiger partial charge in [-0.25, -0.2) is 4.79 Å². The Kier molecular flexibility index (Phi) is 6.60. The molecule has 1 aromatic rings. The van der Waals surface area contributed by atoms with Gasteiger partial charge in [-0.3, -0.25) is 25.3 Å². The highest BCUT2D eigenvalue weighted by Crippen LogP contribution is 2.26. The number of nitrogens with one attached hydrogen (secondary N) is 2. The smallest absolute Gasteiger partial charge is 0.444 e. The number of carbonyl (C=O) groups is 3. The molecule has 0 saturated carbocycles. The van der Waals surface area contributed by atoms with E-state index in [4.69, 9.17) is 4.74 Å². The lowest BCUT2D eigenvalue weighted by molar-refractivity contribution is -0.274. The quantitative estimate of drug-likeness (QED) is 0.738. The Bertz CT molecular complexity index is 777. The van der Waals surface area contributed by atoms with E-state index in [1.807, 2.05) is 5.43 Å². The average molecular weight is 417 g/mol. The van der Waals surface area contributed by atoms with Crippen molar-refractivity contribution in [3.63, 3.8) is 0 Å². The Morgan fingerprint density at radius 2 is 1.76 bits per heavy atom. The maximum absolute atomic E-state index is 12.5. The van der Waals surface area contributed by atoms with Crippen LogP contribution in [0.25, 0.3) is 0 Å². The van der Waals surface area contributed by atoms with Gasteiger partial charge < -0.3 is 9.47 Å². The monoisotopic (exact) mass is 417 g/mol. The highest BCUT2D eigenvalue weighted by atomic mass is 19.4. The number of hydrogen-bond donors (Lipinski definition) is 2. The summed E-state index contributed by atoms with van der Waals surface area (Å²) in [4.78, 5) is 38.1. The van der Waals surface area contributed by atoms with Crippen molar-refractivity contribution in [2.24, 2.45) is 0 Å². The predicted molar refractivity (Wildman–Crippen MR) is 94.7 cm³/mol. The summed E-state index contributed by atoms with van der Waals surface area (Å²) in [5.74, 6) is -2.39. The number of likely N-dealkylation sites (tertiary alicyclic amines) is 1. The molecule has 1 aliphatic rings. The fraction of sp³-hybridized carbons (Fsp3) is 0.500. The summed E-state index contributed by atoms with van der Waals surface area (Å²) in [5.41, 5.74) is 3.03. The topological polar surface area (TPSA) is 97.0 Å². The molecule has 3 amide bonds. The summed E-state index contributed by atoms with van der Waals surface area (Å²) in [6.45, 7) is 5.38. The van der Waals surface area contributed by atoms with Crippen LogP contribution in [-0.4, -0.2) is 47.4 Å². The Labute approximate surface area is 165 Å². The molecular formula is C18H22F3N3O5. The van der Waals surface area contributed by atoms with Crippen molar-refractivity contribution in [2.75, 3.05) is 6.54 Å². The molecule has 1 saturated heterocycles. The van der Waals surface area contributed by atoms with E-state index >= 15 is 0 Å². The molecule has 8 nitrogen and oxygen atoms in total. The first-order valence-corrected chi connectivity index (χ1v) is 8.82. The predicted octanol–water partition coefficient (Wildman–Crippen LogP) is 2.75. The van der Waals surface area contributed by atoms with Gasteiger partial charge in [0, 0.05) is 6.54 Å². The number of rotatable bonds is 3. The van der Waals surface area contributed by atoms with Crippen LogP contribution in [-0.2, 0) is 9.53 Å². The Balaban J connectivity index is 2.00. The zero-order valence-electron chi connectivity index (χ0n) is 16.1. The van der Waals surface area contributed by atoms with Crippen LogP contribution in [0.1, 0.15) is 44.0 Å². The van der Waals surface area contributed by atoms with E-state index in [-0.39, 0.29) is 0 Å². The standard InChI is InChI=1S/C18H22F3N3O5/c1-17(2,3)29-16(27)24-10-6-8-12(24)15(26)23-22-14(25)11-7-4-5-9-13(11)28-18(19,20)21/h4-5,7,9,12H,6,8,10H2,1-3H3,(H,22,25)(H,23,26). The number of hydrazine groups is 1. The van der Waals surface area contributed by atoms with Crippen LogP contribution in [0.5, 0.6) is 5.75 Å². The minimum atomic E-state index is -4.97. The molecule has 1 atom stereocenters. The van der Waals surface area contributed by atoms with Gasteiger partial charge in [0.25, 0.3) is 11.8 Å². The summed E-state index contributed by atoms with van der Waals surface area (Å²) in [7, 11) is 0. The van der Waals surface area contributed by atoms with Crippen molar-refractivity contribution < 1.29 is 37.0 Å². The highest BCUT2D eigenvalue weighted by molar-refractivity contribution is 5.98. The van der Waals surface area contributed by atoms with Gasteiger partial charge in [-0.05, 0) is 45.7 Å². The van der Waals surface area contributed by atoms with Gasteiger partial charge in [-0.2, -0.15) is 0 Å². The molecule has 1 unspecified atom stereocenters. The summed E-state index contributed by atoms with van der Waals surface area (Å²) in [6, 6.07) is 3.85. The van der Waals surface area contributed by atoms with Crippen LogP contribution >= 0.6 is 0 Å². The molecule has 1 aliphatic heterocycles. The second-order valence-electron chi connectivity index (χ2n) is 7.32. The Morgan fingerprint density at radius 3 is 2.38 bits per heavy atom. The molecule has 11 heteroatoms. The van der Waals surface area contributed by atoms with Gasteiger partial charge in [0.1, 0.15) is 17.4 Å². The SMILES string of the molecule is CC(C)(C)OC(=O)N1CCCC1C(=O)NNC(=O)c1ccccc1OC(F)(F)F. The van der Waals surface area contributed by atoms with Crippen molar-refractivity contribution in [3.8, 4) is 5.75 Å². The van der Waals surface area contributed by atoms with Crippen LogP contribution in [0.2, 0.25) is 0 Å². The molecule has 0 aromatic heterocycles. The van der Waals surface area contributed by atoms with Crippen LogP contribution < -0.4 is 15.6 Å². The summed E-state index contributed by atoms with van der Waals surface area (Å²) >= 11 is 0. The van der Waals surface area contributed by atoms with E-state index in [2.05, 4.69) is 10.2 Å². The zero-order chi connectivity index (χ0) is 21.8. The molecule has 160 valence electrons. The second-order valence-corrected chi connectivity index (χ2v) is 7.32. The lowest BCUT2D eigenvalue weighted by atomic mass is 10.2. The molecule has 2 N–H and O–H groups in total. The third kappa shape index (κ3) is 6.54. The minimum absolute atomic E-state index is 0.309. The van der Waals surface area contributed by atoms with E-state index in [1.54, 1.807) is 20.8 Å². The van der Waals surface area contributed by atoms with Gasteiger partial charge in [0.2, 0.25) is 0 Å². The number of halogens is 3. The first-order valence-electron chi connectivity index (χ1n) is 8.82. The van der Waals surface area contributed by atoms with Crippen molar-refractivity contribution in [3.05, 3.63) is 29.8 Å². The molecule has 1 aromatic carbocycles. The minimum Gasteiger partial charge on any atom is -0.444 e. The molecule has 0 bridgehead atoms. The average Bonchev–Trinajstić information content (AvgIpc) is 3.07. The summed E-state index contributed by atoms with van der Waals surface area (Å²) in [6.07, 6.45) is -4.72. The van der Waals surface area contributed by atoms with Crippen LogP contribution in [0.4, 0.5) is 18.0 Å². The van der Waals surface area contributed by atoms with Crippen molar-refractivity contribution in [1.82, 2.24) is 15.8 Å². The Hall–Kier alpha value is -2.98. The molecule has 1 heterocycles. The number of carbonyl (C=O) groups excluding carboxylic acids is 3. The molecule has 29 heavy (non-hydrogen) atoms.